The van der Waals surface area contributed by atoms with Gasteiger partial charge in [-0.25, -0.2) is 0 Å². The zero-order chi connectivity index (χ0) is 23.8. The largest absolute Gasteiger partial charge is 0.379 e. The minimum Gasteiger partial charge on any atom is -0.379 e. The molecule has 2 aliphatic heterocycles. The highest BCUT2D eigenvalue weighted by Gasteiger charge is 2.42. The lowest BCUT2D eigenvalue weighted by Gasteiger charge is -2.33. The van der Waals surface area contributed by atoms with Crippen molar-refractivity contribution < 1.29 is 14.3 Å². The van der Waals surface area contributed by atoms with Crippen LogP contribution in [-0.2, 0) is 16.1 Å². The van der Waals surface area contributed by atoms with Crippen molar-refractivity contribution in [2.75, 3.05) is 59.0 Å². The normalized spacial score (nSPS) is 21.2. The van der Waals surface area contributed by atoms with E-state index in [0.717, 1.165) is 45.9 Å². The molecule has 3 heterocycles. The second-order valence-electron chi connectivity index (χ2n) is 8.83. The Morgan fingerprint density at radius 2 is 1.94 bits per heavy atom. The van der Waals surface area contributed by atoms with E-state index in [1.807, 2.05) is 23.6 Å². The lowest BCUT2D eigenvalue weighted by molar-refractivity contribution is -0.124. The third-order valence-corrected chi connectivity index (χ3v) is 7.43. The van der Waals surface area contributed by atoms with E-state index < -0.39 is 6.04 Å². The molecule has 1 aromatic heterocycles. The molecule has 3 N–H and O–H groups in total. The number of thiophene rings is 1. The molecule has 2 aliphatic rings. The van der Waals surface area contributed by atoms with Crippen LogP contribution in [0, 0.1) is 0 Å². The van der Waals surface area contributed by atoms with E-state index in [0.29, 0.717) is 30.9 Å². The number of nitrogens with one attached hydrogen (secondary N) is 1. The molecular formula is C25H35N5O3S. The lowest BCUT2D eigenvalue weighted by Crippen LogP contribution is -2.47. The van der Waals surface area contributed by atoms with Crippen LogP contribution in [0.3, 0.4) is 0 Å². The van der Waals surface area contributed by atoms with E-state index in [2.05, 4.69) is 39.4 Å². The Hall–Kier alpha value is -2.30. The number of morpholine rings is 1. The molecule has 2 aromatic rings. The number of hydrogen-bond acceptors (Lipinski definition) is 7. The molecule has 9 heteroatoms. The predicted molar refractivity (Wildman–Crippen MR) is 134 cm³/mol. The number of carbonyl (C=O) groups excluding carboxylic acids is 2. The highest BCUT2D eigenvalue weighted by Crippen LogP contribution is 2.27. The molecule has 0 aliphatic carbocycles. The van der Waals surface area contributed by atoms with Gasteiger partial charge in [0.25, 0.3) is 5.91 Å². The number of hydrogen-bond donors (Lipinski definition) is 2. The summed E-state index contributed by atoms with van der Waals surface area (Å²) in [5.41, 5.74) is 6.84. The molecule has 2 atom stereocenters. The molecule has 8 nitrogen and oxygen atoms in total. The van der Waals surface area contributed by atoms with Crippen LogP contribution in [0.4, 0.5) is 0 Å². The minimum atomic E-state index is -0.493. The second-order valence-corrected chi connectivity index (χ2v) is 9.78. The molecule has 0 saturated carbocycles. The quantitative estimate of drug-likeness (QED) is 0.526. The first-order valence-corrected chi connectivity index (χ1v) is 12.9. The van der Waals surface area contributed by atoms with Gasteiger partial charge >= 0.3 is 0 Å². The maximum Gasteiger partial charge on any atom is 0.264 e. The number of likely N-dealkylation sites (tertiary alicyclic amines) is 1. The van der Waals surface area contributed by atoms with Crippen LogP contribution in [0.2, 0.25) is 0 Å². The van der Waals surface area contributed by atoms with Crippen molar-refractivity contribution >= 4 is 23.2 Å². The van der Waals surface area contributed by atoms with Gasteiger partial charge in [-0.3, -0.25) is 19.4 Å². The fraction of sp³-hybridized carbons (Fsp3) is 0.520. The first-order chi connectivity index (χ1) is 16.7. The van der Waals surface area contributed by atoms with Gasteiger partial charge in [0.1, 0.15) is 6.04 Å². The van der Waals surface area contributed by atoms with Gasteiger partial charge in [0.2, 0.25) is 5.91 Å². The lowest BCUT2D eigenvalue weighted by atomic mass is 10.1. The molecule has 2 saturated heterocycles. The Bertz CT molecular complexity index is 905. The summed E-state index contributed by atoms with van der Waals surface area (Å²) in [5, 5.41) is 4.80. The Balaban J connectivity index is 1.52. The molecule has 0 radical (unpaired) electrons. The van der Waals surface area contributed by atoms with E-state index in [1.54, 1.807) is 4.90 Å². The fourth-order valence-corrected chi connectivity index (χ4v) is 5.39. The van der Waals surface area contributed by atoms with Crippen molar-refractivity contribution in [1.82, 2.24) is 20.0 Å². The van der Waals surface area contributed by atoms with Crippen LogP contribution < -0.4 is 11.1 Å². The van der Waals surface area contributed by atoms with E-state index in [-0.39, 0.29) is 17.9 Å². The number of ether oxygens (including phenoxy) is 1. The Kier molecular flexibility index (Phi) is 9.06. The molecule has 2 fully saturated rings. The Morgan fingerprint density at radius 1 is 1.15 bits per heavy atom. The highest BCUT2D eigenvalue weighted by atomic mass is 32.1. The number of rotatable bonds is 10. The highest BCUT2D eigenvalue weighted by molar-refractivity contribution is 7.12. The standard InChI is InChI=1S/C25H35N5O3S/c26-8-9-27-24(31)22-17-21(19-30(22)25(32)23-7-4-16-34-23)29(18-20-5-2-1-3-6-20)11-10-28-12-14-33-15-13-28/h1-7,16,21-22H,8-15,17-19,26H2,(H,27,31). The third kappa shape index (κ3) is 6.43. The molecule has 1 aromatic carbocycles. The van der Waals surface area contributed by atoms with Gasteiger partial charge in [-0.1, -0.05) is 36.4 Å². The monoisotopic (exact) mass is 485 g/mol. The minimum absolute atomic E-state index is 0.0711. The van der Waals surface area contributed by atoms with Crippen molar-refractivity contribution in [3.05, 3.63) is 58.3 Å². The Morgan fingerprint density at radius 3 is 2.65 bits per heavy atom. The van der Waals surface area contributed by atoms with Gasteiger partial charge in [0, 0.05) is 58.4 Å². The zero-order valence-corrected chi connectivity index (χ0v) is 20.4. The van der Waals surface area contributed by atoms with Crippen molar-refractivity contribution in [1.29, 1.82) is 0 Å². The van der Waals surface area contributed by atoms with Crippen molar-refractivity contribution in [3.8, 4) is 0 Å². The number of carbonyl (C=O) groups is 2. The summed E-state index contributed by atoms with van der Waals surface area (Å²) >= 11 is 1.42. The summed E-state index contributed by atoms with van der Waals surface area (Å²) in [6.45, 7) is 7.35. The first kappa shape index (κ1) is 24.8. The summed E-state index contributed by atoms with van der Waals surface area (Å²) in [5.74, 6) is -0.191. The zero-order valence-electron chi connectivity index (χ0n) is 19.6. The van der Waals surface area contributed by atoms with Crippen molar-refractivity contribution in [2.24, 2.45) is 5.73 Å². The predicted octanol–water partition coefficient (Wildman–Crippen LogP) is 1.24. The summed E-state index contributed by atoms with van der Waals surface area (Å²) in [7, 11) is 0. The van der Waals surface area contributed by atoms with E-state index in [9.17, 15) is 9.59 Å². The number of nitrogens with zero attached hydrogens (tertiary/aromatic N) is 3. The third-order valence-electron chi connectivity index (χ3n) is 6.57. The van der Waals surface area contributed by atoms with Gasteiger partial charge < -0.3 is 20.7 Å². The van der Waals surface area contributed by atoms with Gasteiger partial charge in [-0.2, -0.15) is 0 Å². The van der Waals surface area contributed by atoms with Crippen molar-refractivity contribution in [2.45, 2.75) is 25.0 Å². The van der Waals surface area contributed by atoms with Gasteiger partial charge in [0.15, 0.2) is 0 Å². The molecule has 4 rings (SSSR count). The molecule has 0 spiro atoms. The average molecular weight is 486 g/mol. The number of nitrogens with two attached hydrogens (primary N) is 1. The summed E-state index contributed by atoms with van der Waals surface area (Å²) < 4.78 is 5.50. The molecule has 2 amide bonds. The van der Waals surface area contributed by atoms with Gasteiger partial charge in [-0.15, -0.1) is 11.3 Å². The molecule has 0 bridgehead atoms. The second kappa shape index (κ2) is 12.4. The van der Waals surface area contributed by atoms with E-state index in [4.69, 9.17) is 10.5 Å². The van der Waals surface area contributed by atoms with Crippen LogP contribution in [0.25, 0.3) is 0 Å². The topological polar surface area (TPSA) is 91.1 Å². The van der Waals surface area contributed by atoms with E-state index >= 15 is 0 Å². The number of benzene rings is 1. The van der Waals surface area contributed by atoms with Crippen LogP contribution in [0.5, 0.6) is 0 Å². The molecular weight excluding hydrogens is 450 g/mol. The summed E-state index contributed by atoms with van der Waals surface area (Å²) in [6, 6.07) is 13.7. The van der Waals surface area contributed by atoms with Gasteiger partial charge in [-0.05, 0) is 23.4 Å². The van der Waals surface area contributed by atoms with Crippen LogP contribution >= 0.6 is 11.3 Å². The smallest absolute Gasteiger partial charge is 0.264 e. The van der Waals surface area contributed by atoms with Gasteiger partial charge in [0.05, 0.1) is 18.1 Å². The number of amides is 2. The van der Waals surface area contributed by atoms with Crippen LogP contribution in [0.1, 0.15) is 21.7 Å². The molecule has 34 heavy (non-hydrogen) atoms. The Labute approximate surface area is 205 Å². The SMILES string of the molecule is NCCNC(=O)C1CC(N(CCN2CCOCC2)Cc2ccccc2)CN1C(=O)c1cccs1. The van der Waals surface area contributed by atoms with E-state index in [1.165, 1.54) is 16.9 Å². The summed E-state index contributed by atoms with van der Waals surface area (Å²) in [6.07, 6.45) is 0.615. The van der Waals surface area contributed by atoms with Crippen LogP contribution in [-0.4, -0.2) is 97.6 Å². The molecule has 184 valence electrons. The van der Waals surface area contributed by atoms with Crippen LogP contribution in [0.15, 0.2) is 47.8 Å². The fourth-order valence-electron chi connectivity index (χ4n) is 4.71. The maximum atomic E-state index is 13.3. The maximum absolute atomic E-state index is 13.3. The van der Waals surface area contributed by atoms with Crippen molar-refractivity contribution in [3.63, 3.8) is 0 Å². The average Bonchev–Trinajstić information content (AvgIpc) is 3.57. The molecule has 2 unspecified atom stereocenters. The first-order valence-electron chi connectivity index (χ1n) is 12.1. The summed E-state index contributed by atoms with van der Waals surface area (Å²) in [4.78, 5) is 33.6.